The number of hydrogen-bond donors (Lipinski definition) is 5. The van der Waals surface area contributed by atoms with Crippen molar-refractivity contribution < 1.29 is 34.3 Å². The topological polar surface area (TPSA) is 141 Å². The Labute approximate surface area is 194 Å². The van der Waals surface area contributed by atoms with Crippen molar-refractivity contribution in [3.8, 4) is 5.75 Å². The summed E-state index contributed by atoms with van der Waals surface area (Å²) in [5.41, 5.74) is 8.19. The van der Waals surface area contributed by atoms with Crippen molar-refractivity contribution in [2.75, 3.05) is 6.61 Å². The number of hydrazone groups is 1. The van der Waals surface area contributed by atoms with Crippen LogP contribution in [0.3, 0.4) is 0 Å². The Morgan fingerprint density at radius 1 is 1.09 bits per heavy atom. The van der Waals surface area contributed by atoms with Gasteiger partial charge in [-0.1, -0.05) is 24.3 Å². The summed E-state index contributed by atoms with van der Waals surface area (Å²) in [6, 6.07) is 12.6. The molecule has 11 heteroatoms. The first-order chi connectivity index (χ1) is 15.8. The average molecular weight is 478 g/mol. The van der Waals surface area contributed by atoms with Crippen LogP contribution in [0, 0.1) is 5.82 Å². The smallest absolute Gasteiger partial charge is 0.229 e. The number of halogens is 1. The fourth-order valence-corrected chi connectivity index (χ4v) is 4.03. The van der Waals surface area contributed by atoms with E-state index in [0.29, 0.717) is 12.2 Å². The Hall–Kier alpha value is -2.67. The van der Waals surface area contributed by atoms with Crippen LogP contribution in [-0.2, 0) is 4.74 Å². The van der Waals surface area contributed by atoms with Gasteiger partial charge in [-0.3, -0.25) is 0 Å². The highest BCUT2D eigenvalue weighted by Gasteiger charge is 2.44. The summed E-state index contributed by atoms with van der Waals surface area (Å²) in [5, 5.41) is 45.4. The van der Waals surface area contributed by atoms with Crippen LogP contribution in [0.4, 0.5) is 4.39 Å². The molecular formula is C22H24FN3O6S. The van der Waals surface area contributed by atoms with Crippen LogP contribution in [0.1, 0.15) is 23.6 Å². The Morgan fingerprint density at radius 2 is 1.76 bits per heavy atom. The third-order valence-electron chi connectivity index (χ3n) is 5.68. The van der Waals surface area contributed by atoms with Gasteiger partial charge in [-0.15, -0.1) is 0 Å². The minimum atomic E-state index is -1.53. The van der Waals surface area contributed by atoms with Crippen LogP contribution in [0.15, 0.2) is 53.6 Å². The summed E-state index contributed by atoms with van der Waals surface area (Å²) in [5.74, 6) is -0.00211. The normalized spacial score (nSPS) is 29.6. The second kappa shape index (κ2) is 9.67. The lowest BCUT2D eigenvalue weighted by Gasteiger charge is -2.39. The molecule has 2 aromatic rings. The third-order valence-corrected chi connectivity index (χ3v) is 5.87. The molecule has 6 atom stereocenters. The number of aliphatic hydroxyl groups excluding tert-OH is 4. The third kappa shape index (κ3) is 4.83. The van der Waals surface area contributed by atoms with Gasteiger partial charge >= 0.3 is 0 Å². The Kier molecular flexibility index (Phi) is 6.88. The maximum atomic E-state index is 13.3. The standard InChI is InChI=1S/C22H24FN3O6S/c23-13-5-1-11(2-6-13)15-9-16(26(25-15)22(24)33)12-3-7-14(8-4-12)31-21-20(30)19(29)18(28)17(10-27)32-21/h1-8,16-21,27-30H,9-10H2,(H2,24,33)/t16?,17-,18-,19-,20-,21-/m1/s1. The molecule has 9 nitrogen and oxygen atoms in total. The first-order valence-electron chi connectivity index (χ1n) is 10.3. The lowest BCUT2D eigenvalue weighted by molar-refractivity contribution is -0.277. The monoisotopic (exact) mass is 477 g/mol. The van der Waals surface area contributed by atoms with Gasteiger partial charge in [0.05, 0.1) is 18.4 Å². The molecule has 2 aliphatic rings. The van der Waals surface area contributed by atoms with Crippen molar-refractivity contribution in [2.45, 2.75) is 43.2 Å². The zero-order valence-corrected chi connectivity index (χ0v) is 18.2. The van der Waals surface area contributed by atoms with E-state index in [1.165, 1.54) is 17.1 Å². The summed E-state index contributed by atoms with van der Waals surface area (Å²) in [6.07, 6.45) is -6.34. The Morgan fingerprint density at radius 3 is 2.36 bits per heavy atom. The van der Waals surface area contributed by atoms with Gasteiger partial charge in [-0.05, 0) is 47.6 Å². The summed E-state index contributed by atoms with van der Waals surface area (Å²) >= 11 is 5.15. The van der Waals surface area contributed by atoms with Gasteiger partial charge in [0.2, 0.25) is 6.29 Å². The Bertz CT molecular complexity index is 1020. The molecular weight excluding hydrogens is 453 g/mol. The number of ether oxygens (including phenoxy) is 2. The molecule has 0 aliphatic carbocycles. The van der Waals surface area contributed by atoms with Crippen molar-refractivity contribution in [3.63, 3.8) is 0 Å². The average Bonchev–Trinajstić information content (AvgIpc) is 3.26. The molecule has 0 saturated carbocycles. The lowest BCUT2D eigenvalue weighted by atomic mass is 9.98. The number of rotatable bonds is 5. The number of hydrogen-bond acceptors (Lipinski definition) is 8. The number of thiocarbonyl (C=S) groups is 1. The zero-order valence-electron chi connectivity index (χ0n) is 17.4. The molecule has 0 bridgehead atoms. The quantitative estimate of drug-likeness (QED) is 0.387. The van der Waals surface area contributed by atoms with Gasteiger partial charge in [0.15, 0.2) is 5.11 Å². The van der Waals surface area contributed by atoms with E-state index < -0.39 is 37.3 Å². The van der Waals surface area contributed by atoms with Crippen molar-refractivity contribution in [1.82, 2.24) is 5.01 Å². The molecule has 0 amide bonds. The summed E-state index contributed by atoms with van der Waals surface area (Å²) in [6.45, 7) is -0.545. The van der Waals surface area contributed by atoms with Gasteiger partial charge in [-0.25, -0.2) is 9.40 Å². The van der Waals surface area contributed by atoms with Gasteiger partial charge in [0.1, 0.15) is 36.0 Å². The molecule has 0 aromatic heterocycles. The van der Waals surface area contributed by atoms with E-state index in [2.05, 4.69) is 5.10 Å². The van der Waals surface area contributed by atoms with Crippen LogP contribution < -0.4 is 10.5 Å². The van der Waals surface area contributed by atoms with E-state index in [9.17, 15) is 24.8 Å². The minimum Gasteiger partial charge on any atom is -0.462 e. The molecule has 1 unspecified atom stereocenters. The van der Waals surface area contributed by atoms with Gasteiger partial charge in [0, 0.05) is 6.42 Å². The number of aliphatic hydroxyl groups is 4. The van der Waals surface area contributed by atoms with Crippen LogP contribution >= 0.6 is 12.2 Å². The molecule has 2 heterocycles. The van der Waals surface area contributed by atoms with E-state index in [1.54, 1.807) is 36.4 Å². The fraction of sp³-hybridized carbons (Fsp3) is 0.364. The summed E-state index contributed by atoms with van der Waals surface area (Å²) in [4.78, 5) is 0. The highest BCUT2D eigenvalue weighted by molar-refractivity contribution is 7.80. The molecule has 4 rings (SSSR count). The largest absolute Gasteiger partial charge is 0.462 e. The molecule has 6 N–H and O–H groups in total. The van der Waals surface area contributed by atoms with E-state index >= 15 is 0 Å². The second-order valence-electron chi connectivity index (χ2n) is 7.84. The highest BCUT2D eigenvalue weighted by atomic mass is 32.1. The number of benzene rings is 2. The fourth-order valence-electron chi connectivity index (χ4n) is 3.86. The second-order valence-corrected chi connectivity index (χ2v) is 8.26. The maximum Gasteiger partial charge on any atom is 0.229 e. The van der Waals surface area contributed by atoms with Gasteiger partial charge in [0.25, 0.3) is 0 Å². The highest BCUT2D eigenvalue weighted by Crippen LogP contribution is 2.34. The van der Waals surface area contributed by atoms with Crippen molar-refractivity contribution >= 4 is 23.0 Å². The molecule has 33 heavy (non-hydrogen) atoms. The number of nitrogens with two attached hydrogens (primary N) is 1. The molecule has 176 valence electrons. The lowest BCUT2D eigenvalue weighted by Crippen LogP contribution is -2.60. The van der Waals surface area contributed by atoms with Crippen LogP contribution in [0.5, 0.6) is 5.75 Å². The minimum absolute atomic E-state index is 0.0961. The van der Waals surface area contributed by atoms with Gasteiger partial charge in [-0.2, -0.15) is 5.10 Å². The zero-order chi connectivity index (χ0) is 23.7. The van der Waals surface area contributed by atoms with Crippen molar-refractivity contribution in [1.29, 1.82) is 0 Å². The molecule has 0 radical (unpaired) electrons. The maximum absolute atomic E-state index is 13.3. The SMILES string of the molecule is NC(=S)N1N=C(c2ccc(F)cc2)CC1c1ccc(O[C@@H]2O[C@H](CO)[C@@H](O)[C@@H](O)[C@H]2O)cc1. The van der Waals surface area contributed by atoms with Crippen molar-refractivity contribution in [2.24, 2.45) is 10.8 Å². The number of nitrogens with zero attached hydrogens (tertiary/aromatic N) is 2. The van der Waals surface area contributed by atoms with E-state index in [1.807, 2.05) is 0 Å². The molecule has 2 aliphatic heterocycles. The van der Waals surface area contributed by atoms with E-state index in [0.717, 1.165) is 16.8 Å². The molecule has 0 spiro atoms. The predicted octanol–water partition coefficient (Wildman–Crippen LogP) is 0.399. The molecule has 1 saturated heterocycles. The van der Waals surface area contributed by atoms with Crippen LogP contribution in [0.2, 0.25) is 0 Å². The molecule has 1 fully saturated rings. The summed E-state index contributed by atoms with van der Waals surface area (Å²) in [7, 11) is 0. The van der Waals surface area contributed by atoms with Gasteiger partial charge < -0.3 is 35.6 Å². The van der Waals surface area contributed by atoms with E-state index in [-0.39, 0.29) is 17.0 Å². The summed E-state index contributed by atoms with van der Waals surface area (Å²) < 4.78 is 24.3. The molecule has 2 aromatic carbocycles. The Balaban J connectivity index is 1.48. The van der Waals surface area contributed by atoms with Crippen LogP contribution in [0.25, 0.3) is 0 Å². The first-order valence-corrected chi connectivity index (χ1v) is 10.7. The van der Waals surface area contributed by atoms with E-state index in [4.69, 9.17) is 27.4 Å². The van der Waals surface area contributed by atoms with Crippen molar-refractivity contribution in [3.05, 3.63) is 65.5 Å². The first kappa shape index (κ1) is 23.5. The predicted molar refractivity (Wildman–Crippen MR) is 120 cm³/mol. The van der Waals surface area contributed by atoms with Crippen LogP contribution in [-0.4, -0.2) is 73.6 Å².